The van der Waals surface area contributed by atoms with E-state index in [1.165, 1.54) is 38.6 Å². The molecule has 2 N–H and O–H groups in total. The van der Waals surface area contributed by atoms with E-state index < -0.39 is 0 Å². The fourth-order valence-corrected chi connectivity index (χ4v) is 6.04. The minimum absolute atomic E-state index is 0. The molecule has 1 saturated heterocycles. The van der Waals surface area contributed by atoms with Crippen LogP contribution in [-0.4, -0.2) is 65.8 Å². The zero-order valence-corrected chi connectivity index (χ0v) is 24.0. The molecule has 0 amide bonds. The Morgan fingerprint density at radius 2 is 1.85 bits per heavy atom. The third-order valence-electron chi connectivity index (χ3n) is 8.08. The van der Waals surface area contributed by atoms with Crippen molar-refractivity contribution >= 4 is 46.9 Å². The van der Waals surface area contributed by atoms with Crippen LogP contribution >= 0.6 is 24.8 Å². The third kappa shape index (κ3) is 6.91. The number of tetrazole rings is 1. The Labute approximate surface area is 240 Å². The van der Waals surface area contributed by atoms with Crippen molar-refractivity contribution in [1.29, 1.82) is 0 Å². The maximum absolute atomic E-state index is 11.6. The molecular weight excluding hydrogens is 539 g/mol. The second kappa shape index (κ2) is 13.1. The molecule has 4 aromatic rings. The summed E-state index contributed by atoms with van der Waals surface area (Å²) in [5.41, 5.74) is 1.81. The van der Waals surface area contributed by atoms with E-state index in [9.17, 15) is 4.79 Å². The Kier molecular flexibility index (Phi) is 9.85. The number of benzene rings is 1. The van der Waals surface area contributed by atoms with Crippen molar-refractivity contribution in [1.82, 2.24) is 40.1 Å². The standard InChI is InChI=1S/C27H36N8O2.2ClH/c1-18(37-22-8-9-23-20(15-22)16-24-26(28-23)30-27(36)29-24)7-10-25-31-32-33-35(25)21-11-13-34(14-12-21)17-19-5-3-2-4-6-19;;/h8-9,15-16,18-19,21H,2-7,10-14,17H2,1H3,(H2,28,29,30,36);2*1H. The summed E-state index contributed by atoms with van der Waals surface area (Å²) < 4.78 is 8.28. The highest BCUT2D eigenvalue weighted by molar-refractivity contribution is 5.90. The SMILES string of the molecule is CC(CCc1nnnn1C1CCN(CC2CCCCC2)CC1)Oc1ccc2nc3[nH]c(=O)[nH]c3cc2c1.Cl.Cl. The number of nitrogens with zero attached hydrogens (tertiary/aromatic N) is 6. The van der Waals surface area contributed by atoms with Crippen LogP contribution in [-0.2, 0) is 6.42 Å². The van der Waals surface area contributed by atoms with Crippen molar-refractivity contribution in [3.8, 4) is 5.75 Å². The van der Waals surface area contributed by atoms with Crippen LogP contribution in [0.5, 0.6) is 5.75 Å². The van der Waals surface area contributed by atoms with Gasteiger partial charge in [-0.25, -0.2) is 14.5 Å². The number of likely N-dealkylation sites (tertiary alicyclic amines) is 1. The van der Waals surface area contributed by atoms with Crippen molar-refractivity contribution in [2.45, 2.75) is 76.9 Å². The van der Waals surface area contributed by atoms with Crippen LogP contribution in [0.2, 0.25) is 0 Å². The number of fused-ring (bicyclic) bond motifs is 2. The molecule has 39 heavy (non-hydrogen) atoms. The summed E-state index contributed by atoms with van der Waals surface area (Å²) in [5.74, 6) is 2.62. The Morgan fingerprint density at radius 1 is 1.05 bits per heavy atom. The molecule has 2 fully saturated rings. The van der Waals surface area contributed by atoms with Crippen LogP contribution in [0.25, 0.3) is 22.1 Å². The predicted molar refractivity (Wildman–Crippen MR) is 156 cm³/mol. The Bertz CT molecular complexity index is 1410. The number of imidazole rings is 1. The highest BCUT2D eigenvalue weighted by atomic mass is 35.5. The molecule has 1 unspecified atom stereocenters. The number of piperidine rings is 1. The number of rotatable bonds is 8. The van der Waals surface area contributed by atoms with Gasteiger partial charge in [0.1, 0.15) is 5.75 Å². The lowest BCUT2D eigenvalue weighted by molar-refractivity contribution is 0.141. The first-order valence-corrected chi connectivity index (χ1v) is 13.8. The summed E-state index contributed by atoms with van der Waals surface area (Å²) in [6, 6.07) is 8.11. The van der Waals surface area contributed by atoms with Gasteiger partial charge in [-0.3, -0.25) is 4.98 Å². The van der Waals surface area contributed by atoms with E-state index in [0.29, 0.717) is 17.2 Å². The molecule has 1 aromatic carbocycles. The number of aryl methyl sites for hydroxylation is 1. The topological polar surface area (TPSA) is 118 Å². The third-order valence-corrected chi connectivity index (χ3v) is 8.08. The van der Waals surface area contributed by atoms with Crippen LogP contribution in [0.15, 0.2) is 29.1 Å². The molecule has 6 rings (SSSR count). The molecule has 212 valence electrons. The van der Waals surface area contributed by atoms with Crippen molar-refractivity contribution < 1.29 is 4.74 Å². The first-order valence-electron chi connectivity index (χ1n) is 13.8. The number of aromatic amines is 2. The van der Waals surface area contributed by atoms with Gasteiger partial charge in [-0.1, -0.05) is 19.3 Å². The Balaban J connectivity index is 0.00000176. The highest BCUT2D eigenvalue weighted by Crippen LogP contribution is 2.28. The quantitative estimate of drug-likeness (QED) is 0.307. The van der Waals surface area contributed by atoms with Gasteiger partial charge in [-0.05, 0) is 79.6 Å². The van der Waals surface area contributed by atoms with Gasteiger partial charge < -0.3 is 14.6 Å². The molecular formula is C27H38Cl2N8O2. The molecule has 12 heteroatoms. The van der Waals surface area contributed by atoms with Gasteiger partial charge in [0.2, 0.25) is 0 Å². The molecule has 10 nitrogen and oxygen atoms in total. The number of halogens is 2. The molecule has 0 spiro atoms. The van der Waals surface area contributed by atoms with E-state index >= 15 is 0 Å². The van der Waals surface area contributed by atoms with Gasteiger partial charge in [0, 0.05) is 31.4 Å². The summed E-state index contributed by atoms with van der Waals surface area (Å²) >= 11 is 0. The predicted octanol–water partition coefficient (Wildman–Crippen LogP) is 4.85. The van der Waals surface area contributed by atoms with Gasteiger partial charge in [0.15, 0.2) is 11.5 Å². The van der Waals surface area contributed by atoms with E-state index in [1.54, 1.807) is 0 Å². The van der Waals surface area contributed by atoms with Crippen LogP contribution in [0.3, 0.4) is 0 Å². The molecule has 1 saturated carbocycles. The molecule has 1 atom stereocenters. The van der Waals surface area contributed by atoms with E-state index in [1.807, 2.05) is 24.3 Å². The second-order valence-corrected chi connectivity index (χ2v) is 10.9. The van der Waals surface area contributed by atoms with Crippen molar-refractivity contribution in [2.75, 3.05) is 19.6 Å². The summed E-state index contributed by atoms with van der Waals surface area (Å²) in [6.07, 6.45) is 10.9. The number of pyridine rings is 1. The molecule has 2 aliphatic rings. The number of aromatic nitrogens is 7. The molecule has 1 aliphatic heterocycles. The monoisotopic (exact) mass is 576 g/mol. The Hall–Kier alpha value is -2.69. The number of nitrogens with one attached hydrogen (secondary N) is 2. The number of hydrogen-bond acceptors (Lipinski definition) is 7. The summed E-state index contributed by atoms with van der Waals surface area (Å²) in [5, 5.41) is 13.6. The Morgan fingerprint density at radius 3 is 2.64 bits per heavy atom. The van der Waals surface area contributed by atoms with E-state index in [2.05, 4.69) is 47.0 Å². The maximum Gasteiger partial charge on any atom is 0.325 e. The van der Waals surface area contributed by atoms with Crippen LogP contribution in [0.1, 0.15) is 70.2 Å². The molecule has 0 bridgehead atoms. The average molecular weight is 578 g/mol. The first kappa shape index (κ1) is 29.3. The number of H-pyrrole nitrogens is 2. The largest absolute Gasteiger partial charge is 0.491 e. The van der Waals surface area contributed by atoms with Crippen LogP contribution in [0, 0.1) is 5.92 Å². The minimum atomic E-state index is -0.254. The average Bonchev–Trinajstić information content (AvgIpc) is 3.52. The van der Waals surface area contributed by atoms with Gasteiger partial charge in [0.05, 0.1) is 23.2 Å². The maximum atomic E-state index is 11.6. The number of hydrogen-bond donors (Lipinski definition) is 2. The normalized spacial score (nSPS) is 18.1. The van der Waals surface area contributed by atoms with E-state index in [0.717, 1.165) is 67.2 Å². The van der Waals surface area contributed by atoms with Gasteiger partial charge >= 0.3 is 5.69 Å². The highest BCUT2D eigenvalue weighted by Gasteiger charge is 2.26. The summed E-state index contributed by atoms with van der Waals surface area (Å²) in [7, 11) is 0. The lowest BCUT2D eigenvalue weighted by Crippen LogP contribution is -2.38. The smallest absolute Gasteiger partial charge is 0.325 e. The number of ether oxygens (including phenoxy) is 1. The zero-order valence-electron chi connectivity index (χ0n) is 22.3. The fourth-order valence-electron chi connectivity index (χ4n) is 6.04. The zero-order chi connectivity index (χ0) is 25.2. The van der Waals surface area contributed by atoms with Crippen LogP contribution in [0.4, 0.5) is 0 Å². The van der Waals surface area contributed by atoms with Gasteiger partial charge in [-0.2, -0.15) is 0 Å². The molecule has 4 heterocycles. The van der Waals surface area contributed by atoms with Crippen molar-refractivity contribution in [2.24, 2.45) is 5.92 Å². The van der Waals surface area contributed by atoms with Gasteiger partial charge in [0.25, 0.3) is 0 Å². The lowest BCUT2D eigenvalue weighted by Gasteiger charge is -2.35. The van der Waals surface area contributed by atoms with Crippen LogP contribution < -0.4 is 10.4 Å². The molecule has 0 radical (unpaired) electrons. The first-order chi connectivity index (χ1) is 18.1. The van der Waals surface area contributed by atoms with E-state index in [4.69, 9.17) is 4.74 Å². The molecule has 1 aliphatic carbocycles. The second-order valence-electron chi connectivity index (χ2n) is 10.9. The summed E-state index contributed by atoms with van der Waals surface area (Å²) in [4.78, 5) is 24.2. The van der Waals surface area contributed by atoms with Gasteiger partial charge in [-0.15, -0.1) is 29.9 Å². The van der Waals surface area contributed by atoms with E-state index in [-0.39, 0.29) is 36.6 Å². The summed E-state index contributed by atoms with van der Waals surface area (Å²) in [6.45, 7) is 5.62. The fraction of sp³-hybridized carbons (Fsp3) is 0.593. The van der Waals surface area contributed by atoms with Crippen molar-refractivity contribution in [3.05, 3.63) is 40.6 Å². The van der Waals surface area contributed by atoms with Crippen molar-refractivity contribution in [3.63, 3.8) is 0 Å². The minimum Gasteiger partial charge on any atom is -0.491 e. The lowest BCUT2D eigenvalue weighted by atomic mass is 9.88. The molecule has 3 aromatic heterocycles.